The highest BCUT2D eigenvalue weighted by atomic mass is 35.5. The summed E-state index contributed by atoms with van der Waals surface area (Å²) in [5.41, 5.74) is 2.68. The topological polar surface area (TPSA) is 87.7 Å². The molecule has 2 rings (SSSR count). The zero-order valence-corrected chi connectivity index (χ0v) is 14.6. The van der Waals surface area contributed by atoms with Gasteiger partial charge in [-0.05, 0) is 26.0 Å². The van der Waals surface area contributed by atoms with Crippen molar-refractivity contribution in [3.8, 4) is 0 Å². The molecule has 0 aliphatic carbocycles. The molecule has 0 radical (unpaired) electrons. The predicted molar refractivity (Wildman–Crippen MR) is 89.5 cm³/mol. The molecule has 10 heteroatoms. The molecule has 0 aliphatic rings. The van der Waals surface area contributed by atoms with Crippen LogP contribution in [0.3, 0.4) is 0 Å². The highest BCUT2D eigenvalue weighted by Gasteiger charge is 2.31. The lowest BCUT2D eigenvalue weighted by atomic mass is 10.1. The molecule has 2 aromatic heterocycles. The number of anilines is 1. The SMILES string of the molecule is C/C(=N/Nc1ncc(C(F)(F)F)cc1Cl)c1cc(CCC(=O)O)oc1C. The van der Waals surface area contributed by atoms with Crippen molar-refractivity contribution in [3.05, 3.63) is 46.0 Å². The van der Waals surface area contributed by atoms with E-state index >= 15 is 0 Å². The van der Waals surface area contributed by atoms with E-state index in [0.29, 0.717) is 29.0 Å². The van der Waals surface area contributed by atoms with E-state index in [1.807, 2.05) is 0 Å². The Bertz CT molecular complexity index is 847. The fourth-order valence-electron chi connectivity index (χ4n) is 2.13. The fourth-order valence-corrected chi connectivity index (χ4v) is 2.34. The second-order valence-corrected chi connectivity index (χ2v) is 5.84. The van der Waals surface area contributed by atoms with Crippen LogP contribution in [0.4, 0.5) is 19.0 Å². The van der Waals surface area contributed by atoms with E-state index in [1.54, 1.807) is 19.9 Å². The summed E-state index contributed by atoms with van der Waals surface area (Å²) in [6.07, 6.45) is -3.70. The molecule has 0 spiro atoms. The van der Waals surface area contributed by atoms with Gasteiger partial charge in [0.25, 0.3) is 0 Å². The summed E-state index contributed by atoms with van der Waals surface area (Å²) >= 11 is 5.80. The highest BCUT2D eigenvalue weighted by molar-refractivity contribution is 6.33. The lowest BCUT2D eigenvalue weighted by Gasteiger charge is -2.09. The molecule has 0 fully saturated rings. The standard InChI is InChI=1S/C16H15ClF3N3O3/c1-8(12-6-11(26-9(12)2)3-4-14(24)25)22-23-15-13(17)5-10(7-21-15)16(18,19)20/h5-7H,3-4H2,1-2H3,(H,21,23)(H,24,25)/b22-8-. The van der Waals surface area contributed by atoms with Gasteiger partial charge >= 0.3 is 12.1 Å². The number of rotatable bonds is 6. The molecule has 0 unspecified atom stereocenters. The molecule has 6 nitrogen and oxygen atoms in total. The first kappa shape index (κ1) is 19.8. The Morgan fingerprint density at radius 3 is 2.69 bits per heavy atom. The molecule has 0 saturated heterocycles. The summed E-state index contributed by atoms with van der Waals surface area (Å²) in [6.45, 7) is 3.35. The van der Waals surface area contributed by atoms with E-state index in [-0.39, 0.29) is 23.7 Å². The van der Waals surface area contributed by atoms with Gasteiger partial charge in [-0.25, -0.2) is 4.98 Å². The van der Waals surface area contributed by atoms with Crippen molar-refractivity contribution in [2.75, 3.05) is 5.43 Å². The molecular formula is C16H15ClF3N3O3. The van der Waals surface area contributed by atoms with Crippen LogP contribution in [0.15, 0.2) is 27.8 Å². The van der Waals surface area contributed by atoms with Crippen molar-refractivity contribution in [3.63, 3.8) is 0 Å². The second-order valence-electron chi connectivity index (χ2n) is 5.44. The van der Waals surface area contributed by atoms with E-state index in [9.17, 15) is 18.0 Å². The van der Waals surface area contributed by atoms with Crippen molar-refractivity contribution in [2.45, 2.75) is 32.9 Å². The van der Waals surface area contributed by atoms with E-state index < -0.39 is 17.7 Å². The predicted octanol–water partition coefficient (Wildman–Crippen LogP) is 4.51. The number of halogens is 4. The number of hydrogen-bond donors (Lipinski definition) is 2. The summed E-state index contributed by atoms with van der Waals surface area (Å²) < 4.78 is 43.3. The van der Waals surface area contributed by atoms with Gasteiger partial charge in [0.15, 0.2) is 5.82 Å². The molecular weight excluding hydrogens is 375 g/mol. The minimum atomic E-state index is -4.53. The van der Waals surface area contributed by atoms with Crippen LogP contribution in [0, 0.1) is 6.92 Å². The number of hydrazone groups is 1. The first-order valence-electron chi connectivity index (χ1n) is 7.42. The number of alkyl halides is 3. The van der Waals surface area contributed by atoms with Crippen LogP contribution in [0.5, 0.6) is 0 Å². The van der Waals surface area contributed by atoms with Crippen molar-refractivity contribution in [1.82, 2.24) is 4.98 Å². The lowest BCUT2D eigenvalue weighted by molar-refractivity contribution is -0.138. The van der Waals surface area contributed by atoms with Crippen LogP contribution >= 0.6 is 11.6 Å². The molecule has 2 aromatic rings. The number of nitrogens with zero attached hydrogens (tertiary/aromatic N) is 2. The number of pyridine rings is 1. The zero-order chi connectivity index (χ0) is 19.5. The largest absolute Gasteiger partial charge is 0.481 e. The fraction of sp³-hybridized carbons (Fsp3) is 0.312. The second kappa shape index (κ2) is 7.77. The van der Waals surface area contributed by atoms with Crippen molar-refractivity contribution in [1.29, 1.82) is 0 Å². The maximum atomic E-state index is 12.6. The van der Waals surface area contributed by atoms with Crippen LogP contribution < -0.4 is 5.43 Å². The van der Waals surface area contributed by atoms with Gasteiger partial charge in [-0.1, -0.05) is 11.6 Å². The van der Waals surface area contributed by atoms with Gasteiger partial charge in [-0.2, -0.15) is 18.3 Å². The summed E-state index contributed by atoms with van der Waals surface area (Å²) in [7, 11) is 0. The minimum absolute atomic E-state index is 0.0220. The molecule has 0 atom stereocenters. The Balaban J connectivity index is 2.14. The Kier molecular flexibility index (Phi) is 5.91. The molecule has 0 saturated carbocycles. The van der Waals surface area contributed by atoms with Crippen molar-refractivity contribution >= 4 is 29.1 Å². The number of hydrogen-bond acceptors (Lipinski definition) is 5. The molecule has 2 heterocycles. The third kappa shape index (κ3) is 4.98. The Labute approximate surface area is 151 Å². The highest BCUT2D eigenvalue weighted by Crippen LogP contribution is 2.32. The molecule has 2 N–H and O–H groups in total. The van der Waals surface area contributed by atoms with Gasteiger partial charge in [0, 0.05) is 18.2 Å². The van der Waals surface area contributed by atoms with Crippen molar-refractivity contribution in [2.24, 2.45) is 5.10 Å². The Hall–Kier alpha value is -2.55. The summed E-state index contributed by atoms with van der Waals surface area (Å²) in [6, 6.07) is 2.43. The quantitative estimate of drug-likeness (QED) is 0.560. The van der Waals surface area contributed by atoms with E-state index in [4.69, 9.17) is 21.1 Å². The van der Waals surface area contributed by atoms with Crippen LogP contribution in [0.25, 0.3) is 0 Å². The number of carbonyl (C=O) groups is 1. The maximum absolute atomic E-state index is 12.6. The van der Waals surface area contributed by atoms with Crippen LogP contribution in [-0.2, 0) is 17.4 Å². The van der Waals surface area contributed by atoms with Gasteiger partial charge in [0.05, 0.1) is 22.7 Å². The van der Waals surface area contributed by atoms with E-state index in [0.717, 1.165) is 6.07 Å². The average molecular weight is 390 g/mol. The summed E-state index contributed by atoms with van der Waals surface area (Å²) in [5.74, 6) is 0.0852. The zero-order valence-electron chi connectivity index (χ0n) is 13.8. The van der Waals surface area contributed by atoms with Gasteiger partial charge in [-0.3, -0.25) is 10.2 Å². The third-order valence-electron chi connectivity index (χ3n) is 3.44. The number of aliphatic carboxylic acids is 1. The van der Waals surface area contributed by atoms with Gasteiger partial charge in [-0.15, -0.1) is 0 Å². The van der Waals surface area contributed by atoms with Crippen LogP contribution in [-0.4, -0.2) is 21.8 Å². The van der Waals surface area contributed by atoms with Gasteiger partial charge < -0.3 is 9.52 Å². The van der Waals surface area contributed by atoms with E-state index in [2.05, 4.69) is 15.5 Å². The molecule has 0 aliphatic heterocycles. The van der Waals surface area contributed by atoms with Gasteiger partial charge in [0.1, 0.15) is 11.5 Å². The van der Waals surface area contributed by atoms with Crippen LogP contribution in [0.1, 0.15) is 36.0 Å². The molecule has 26 heavy (non-hydrogen) atoms. The summed E-state index contributed by atoms with van der Waals surface area (Å²) in [5, 5.41) is 12.5. The normalized spacial score (nSPS) is 12.3. The number of nitrogens with one attached hydrogen (secondary N) is 1. The minimum Gasteiger partial charge on any atom is -0.481 e. The number of furan rings is 1. The van der Waals surface area contributed by atoms with Gasteiger partial charge in [0.2, 0.25) is 0 Å². The number of aryl methyl sites for hydroxylation is 2. The monoisotopic (exact) mass is 389 g/mol. The Morgan fingerprint density at radius 1 is 1.42 bits per heavy atom. The number of carboxylic acids is 1. The first-order valence-corrected chi connectivity index (χ1v) is 7.80. The number of aromatic nitrogens is 1. The number of carboxylic acid groups (broad SMARTS) is 1. The third-order valence-corrected chi connectivity index (χ3v) is 3.73. The first-order chi connectivity index (χ1) is 12.1. The summed E-state index contributed by atoms with van der Waals surface area (Å²) in [4.78, 5) is 14.2. The molecule has 0 aromatic carbocycles. The van der Waals surface area contributed by atoms with Crippen LogP contribution in [0.2, 0.25) is 5.02 Å². The smallest absolute Gasteiger partial charge is 0.417 e. The van der Waals surface area contributed by atoms with Crippen molar-refractivity contribution < 1.29 is 27.5 Å². The maximum Gasteiger partial charge on any atom is 0.417 e. The van der Waals surface area contributed by atoms with E-state index in [1.165, 1.54) is 0 Å². The molecule has 140 valence electrons. The molecule has 0 bridgehead atoms. The molecule has 0 amide bonds. The average Bonchev–Trinajstić information content (AvgIpc) is 2.91. The Morgan fingerprint density at radius 2 is 2.12 bits per heavy atom. The lowest BCUT2D eigenvalue weighted by Crippen LogP contribution is -2.07.